The van der Waals surface area contributed by atoms with Crippen LogP contribution in [0.5, 0.6) is 0 Å². The second kappa shape index (κ2) is 5.65. The normalized spacial score (nSPS) is 17.3. The van der Waals surface area contributed by atoms with Crippen molar-refractivity contribution in [3.63, 3.8) is 0 Å². The smallest absolute Gasteiger partial charge is 0.279 e. The molecule has 5 nitrogen and oxygen atoms in total. The number of nitrogens with zero attached hydrogens (tertiary/aromatic N) is 3. The van der Waals surface area contributed by atoms with Gasteiger partial charge in [0.25, 0.3) is 5.56 Å². The first-order chi connectivity index (χ1) is 11.1. The minimum Gasteiger partial charge on any atom is -0.291 e. The summed E-state index contributed by atoms with van der Waals surface area (Å²) in [6.07, 6.45) is 3.01. The quantitative estimate of drug-likeness (QED) is 0.685. The fraction of sp³-hybridized carbons (Fsp3) is 0.375. The van der Waals surface area contributed by atoms with E-state index >= 15 is 0 Å². The molecule has 118 valence electrons. The summed E-state index contributed by atoms with van der Waals surface area (Å²) >= 11 is 2.95. The summed E-state index contributed by atoms with van der Waals surface area (Å²) in [5, 5.41) is 10.7. The molecule has 0 aliphatic heterocycles. The molecule has 1 aliphatic rings. The first kappa shape index (κ1) is 14.7. The van der Waals surface area contributed by atoms with E-state index in [1.807, 2.05) is 11.4 Å². The Morgan fingerprint density at radius 2 is 2.35 bits per heavy atom. The molecule has 0 aromatic carbocycles. The summed E-state index contributed by atoms with van der Waals surface area (Å²) in [6.45, 7) is 2.18. The zero-order chi connectivity index (χ0) is 16.0. The number of rotatable bonds is 3. The van der Waals surface area contributed by atoms with Crippen molar-refractivity contribution in [1.29, 1.82) is 0 Å². The van der Waals surface area contributed by atoms with Gasteiger partial charge in [0.15, 0.2) is 10.6 Å². The van der Waals surface area contributed by atoms with Crippen LogP contribution >= 0.6 is 22.7 Å². The van der Waals surface area contributed by atoms with E-state index in [0.29, 0.717) is 21.0 Å². The molecule has 3 aromatic heterocycles. The Morgan fingerprint density at radius 3 is 3.13 bits per heavy atom. The first-order valence-corrected chi connectivity index (χ1v) is 9.28. The van der Waals surface area contributed by atoms with Crippen molar-refractivity contribution in [2.45, 2.75) is 32.7 Å². The molecule has 23 heavy (non-hydrogen) atoms. The predicted octanol–water partition coefficient (Wildman–Crippen LogP) is 2.92. The van der Waals surface area contributed by atoms with Gasteiger partial charge in [-0.3, -0.25) is 9.59 Å². The lowest BCUT2D eigenvalue weighted by Gasteiger charge is -2.17. The zero-order valence-corrected chi connectivity index (χ0v) is 14.2. The molecule has 0 radical (unpaired) electrons. The fourth-order valence-corrected chi connectivity index (χ4v) is 5.02. The molecule has 0 saturated heterocycles. The molecule has 7 heteroatoms. The summed E-state index contributed by atoms with van der Waals surface area (Å²) in [7, 11) is 0. The molecule has 0 amide bonds. The molecular formula is C16H15N3O2S2. The lowest BCUT2D eigenvalue weighted by atomic mass is 9.89. The summed E-state index contributed by atoms with van der Waals surface area (Å²) in [4.78, 5) is 27.6. The Hall–Kier alpha value is -1.86. The number of aromatic nitrogens is 3. The SMILES string of the molecule is C[C@H]1CCc2c(sc3nnn(CC(=O)c4cccs4)c(=O)c23)C1. The van der Waals surface area contributed by atoms with E-state index in [9.17, 15) is 9.59 Å². The molecule has 1 atom stereocenters. The van der Waals surface area contributed by atoms with Crippen LogP contribution in [0.4, 0.5) is 0 Å². The minimum atomic E-state index is -0.188. The average molecular weight is 345 g/mol. The van der Waals surface area contributed by atoms with E-state index in [1.165, 1.54) is 20.9 Å². The molecule has 0 fully saturated rings. The highest BCUT2D eigenvalue weighted by atomic mass is 32.1. The summed E-state index contributed by atoms with van der Waals surface area (Å²) in [5.74, 6) is 0.541. The molecular weight excluding hydrogens is 330 g/mol. The third-order valence-electron chi connectivity index (χ3n) is 4.27. The second-order valence-electron chi connectivity index (χ2n) is 5.98. The van der Waals surface area contributed by atoms with E-state index in [0.717, 1.165) is 24.8 Å². The van der Waals surface area contributed by atoms with Crippen molar-refractivity contribution >= 4 is 38.7 Å². The second-order valence-corrected chi connectivity index (χ2v) is 8.02. The molecule has 0 saturated carbocycles. The monoisotopic (exact) mass is 345 g/mol. The highest BCUT2D eigenvalue weighted by Gasteiger charge is 2.24. The van der Waals surface area contributed by atoms with Gasteiger partial charge in [-0.1, -0.05) is 18.2 Å². The van der Waals surface area contributed by atoms with Crippen molar-refractivity contribution in [3.05, 3.63) is 43.2 Å². The molecule has 0 N–H and O–H groups in total. The van der Waals surface area contributed by atoms with E-state index < -0.39 is 0 Å². The molecule has 3 aromatic rings. The van der Waals surface area contributed by atoms with E-state index in [4.69, 9.17) is 0 Å². The molecule has 1 aliphatic carbocycles. The number of carbonyl (C=O) groups is 1. The number of ketones is 1. The van der Waals surface area contributed by atoms with Gasteiger partial charge < -0.3 is 0 Å². The van der Waals surface area contributed by atoms with Gasteiger partial charge in [0.1, 0.15) is 6.54 Å². The van der Waals surface area contributed by atoms with E-state index in [2.05, 4.69) is 17.2 Å². The maximum Gasteiger partial charge on any atom is 0.279 e. The molecule has 0 spiro atoms. The Labute approximate surface area is 140 Å². The van der Waals surface area contributed by atoms with Gasteiger partial charge >= 0.3 is 0 Å². The number of fused-ring (bicyclic) bond motifs is 3. The van der Waals surface area contributed by atoms with Crippen LogP contribution in [0.1, 0.15) is 33.5 Å². The zero-order valence-electron chi connectivity index (χ0n) is 12.6. The van der Waals surface area contributed by atoms with Crippen LogP contribution in [0.3, 0.4) is 0 Å². The third kappa shape index (κ3) is 2.53. The van der Waals surface area contributed by atoms with Crippen molar-refractivity contribution in [2.24, 2.45) is 5.92 Å². The summed E-state index contributed by atoms with van der Waals surface area (Å²) in [6, 6.07) is 3.59. The van der Waals surface area contributed by atoms with Crippen LogP contribution in [0.2, 0.25) is 0 Å². The van der Waals surface area contributed by atoms with Gasteiger partial charge in [-0.2, -0.15) is 0 Å². The Kier molecular flexibility index (Phi) is 3.61. The highest BCUT2D eigenvalue weighted by Crippen LogP contribution is 2.35. The number of Topliss-reactive ketones (excluding diaryl/α,β-unsaturated/α-hetero) is 1. The minimum absolute atomic E-state index is 0.0523. The van der Waals surface area contributed by atoms with Crippen LogP contribution in [0.25, 0.3) is 10.2 Å². The van der Waals surface area contributed by atoms with Crippen LogP contribution in [-0.2, 0) is 19.4 Å². The largest absolute Gasteiger partial charge is 0.291 e. The Balaban J connectivity index is 1.76. The topological polar surface area (TPSA) is 64.8 Å². The van der Waals surface area contributed by atoms with Crippen molar-refractivity contribution in [1.82, 2.24) is 15.0 Å². The van der Waals surface area contributed by atoms with Gasteiger partial charge in [-0.25, -0.2) is 4.68 Å². The van der Waals surface area contributed by atoms with Gasteiger partial charge in [-0.15, -0.1) is 27.8 Å². The first-order valence-electron chi connectivity index (χ1n) is 7.58. The predicted molar refractivity (Wildman–Crippen MR) is 91.5 cm³/mol. The molecule has 3 heterocycles. The average Bonchev–Trinajstić information content (AvgIpc) is 3.16. The van der Waals surface area contributed by atoms with Crippen LogP contribution in [-0.4, -0.2) is 20.8 Å². The fourth-order valence-electron chi connectivity index (χ4n) is 3.05. The number of carbonyl (C=O) groups excluding carboxylic acids is 1. The lowest BCUT2D eigenvalue weighted by Crippen LogP contribution is -2.28. The number of hydrogen-bond donors (Lipinski definition) is 0. The maximum atomic E-state index is 12.8. The van der Waals surface area contributed by atoms with Crippen LogP contribution in [0.15, 0.2) is 22.3 Å². The lowest BCUT2D eigenvalue weighted by molar-refractivity contribution is 0.0968. The van der Waals surface area contributed by atoms with Gasteiger partial charge in [0, 0.05) is 4.88 Å². The molecule has 4 rings (SSSR count). The summed E-state index contributed by atoms with van der Waals surface area (Å²) < 4.78 is 1.20. The van der Waals surface area contributed by atoms with Crippen LogP contribution < -0.4 is 5.56 Å². The maximum absolute atomic E-state index is 12.8. The standard InChI is InChI=1S/C16H15N3O2S2/c1-9-4-5-10-13(7-9)23-15-14(10)16(21)19(18-17-15)8-11(20)12-3-2-6-22-12/h2-3,6,9H,4-5,7-8H2,1H3/t9-/m0/s1. The summed E-state index contributed by atoms with van der Waals surface area (Å²) in [5.41, 5.74) is 0.937. The van der Waals surface area contributed by atoms with Gasteiger partial charge in [0.05, 0.1) is 10.3 Å². The third-order valence-corrected chi connectivity index (χ3v) is 6.32. The van der Waals surface area contributed by atoms with E-state index in [-0.39, 0.29) is 17.9 Å². The van der Waals surface area contributed by atoms with Crippen molar-refractivity contribution in [2.75, 3.05) is 0 Å². The Morgan fingerprint density at radius 1 is 1.48 bits per heavy atom. The van der Waals surface area contributed by atoms with Gasteiger partial charge in [0.2, 0.25) is 0 Å². The highest BCUT2D eigenvalue weighted by molar-refractivity contribution is 7.18. The Bertz CT molecular complexity index is 940. The number of aryl methyl sites for hydroxylation is 1. The van der Waals surface area contributed by atoms with Gasteiger partial charge in [-0.05, 0) is 42.2 Å². The molecule has 0 unspecified atom stereocenters. The van der Waals surface area contributed by atoms with E-state index in [1.54, 1.807) is 17.4 Å². The number of thiophene rings is 2. The van der Waals surface area contributed by atoms with Crippen molar-refractivity contribution in [3.8, 4) is 0 Å². The number of hydrogen-bond acceptors (Lipinski definition) is 6. The van der Waals surface area contributed by atoms with Crippen molar-refractivity contribution < 1.29 is 4.79 Å². The van der Waals surface area contributed by atoms with Crippen LogP contribution in [0, 0.1) is 5.92 Å². The molecule has 0 bridgehead atoms.